The normalized spacial score (nSPS) is 22.0. The minimum atomic E-state index is -0.244. The summed E-state index contributed by atoms with van der Waals surface area (Å²) in [4.78, 5) is 29.9. The quantitative estimate of drug-likeness (QED) is 0.799. The molecule has 27 heavy (non-hydrogen) atoms. The molecule has 2 amide bonds. The summed E-state index contributed by atoms with van der Waals surface area (Å²) in [5.74, 6) is 1.14. The van der Waals surface area contributed by atoms with Gasteiger partial charge in [-0.1, -0.05) is 26.2 Å². The molecule has 0 atom stereocenters. The third-order valence-corrected chi connectivity index (χ3v) is 6.44. The Kier molecular flexibility index (Phi) is 5.11. The molecule has 0 radical (unpaired) electrons. The average molecular weight is 370 g/mol. The summed E-state index contributed by atoms with van der Waals surface area (Å²) in [6.07, 6.45) is 7.63. The summed E-state index contributed by atoms with van der Waals surface area (Å²) in [5.41, 5.74) is 1.41. The van der Waals surface area contributed by atoms with Gasteiger partial charge >= 0.3 is 0 Å². The summed E-state index contributed by atoms with van der Waals surface area (Å²) in [5, 5.41) is 0. The summed E-state index contributed by atoms with van der Waals surface area (Å²) in [6, 6.07) is 5.69. The lowest BCUT2D eigenvalue weighted by Gasteiger charge is -2.36. The molecule has 1 saturated heterocycles. The predicted octanol–water partition coefficient (Wildman–Crippen LogP) is 3.61. The number of likely N-dealkylation sites (tertiary alicyclic amines) is 1. The van der Waals surface area contributed by atoms with Gasteiger partial charge in [0.15, 0.2) is 0 Å². The highest BCUT2D eigenvalue weighted by atomic mass is 16.5. The first-order valence-electron chi connectivity index (χ1n) is 10.4. The standard InChI is InChI=1S/C22H30N2O3/c1-22(9-3-2-4-10-22)21(26)24-13-14-27-19-8-7-17(15-18(19)16-24)20(25)23-11-5-6-12-23/h7-8,15H,2-6,9-14,16H2,1H3. The maximum Gasteiger partial charge on any atom is 0.253 e. The van der Waals surface area contributed by atoms with Crippen LogP contribution in [0.4, 0.5) is 0 Å². The van der Waals surface area contributed by atoms with Gasteiger partial charge in [-0.05, 0) is 43.9 Å². The van der Waals surface area contributed by atoms with E-state index in [9.17, 15) is 9.59 Å². The van der Waals surface area contributed by atoms with Crippen LogP contribution < -0.4 is 4.74 Å². The largest absolute Gasteiger partial charge is 0.491 e. The monoisotopic (exact) mass is 370 g/mol. The molecule has 1 saturated carbocycles. The number of carbonyl (C=O) groups excluding carboxylic acids is 2. The number of amides is 2. The van der Waals surface area contributed by atoms with Crippen molar-refractivity contribution in [3.05, 3.63) is 29.3 Å². The number of hydrogen-bond acceptors (Lipinski definition) is 3. The Morgan fingerprint density at radius 3 is 2.44 bits per heavy atom. The van der Waals surface area contributed by atoms with Crippen molar-refractivity contribution in [1.29, 1.82) is 0 Å². The lowest BCUT2D eigenvalue weighted by Crippen LogP contribution is -2.44. The van der Waals surface area contributed by atoms with Crippen molar-refractivity contribution in [1.82, 2.24) is 9.80 Å². The second-order valence-electron chi connectivity index (χ2n) is 8.52. The maximum absolute atomic E-state index is 13.3. The molecule has 4 rings (SSSR count). The van der Waals surface area contributed by atoms with Crippen LogP contribution in [0.1, 0.15) is 67.8 Å². The molecule has 146 valence electrons. The first kappa shape index (κ1) is 18.3. The Labute approximate surface area is 161 Å². The molecular formula is C22H30N2O3. The second-order valence-corrected chi connectivity index (χ2v) is 8.52. The van der Waals surface area contributed by atoms with Gasteiger partial charge in [-0.3, -0.25) is 9.59 Å². The van der Waals surface area contributed by atoms with Gasteiger partial charge in [0.1, 0.15) is 12.4 Å². The van der Waals surface area contributed by atoms with E-state index in [1.807, 2.05) is 28.0 Å². The molecule has 2 aliphatic heterocycles. The number of fused-ring (bicyclic) bond motifs is 1. The van der Waals surface area contributed by atoms with E-state index in [-0.39, 0.29) is 17.2 Å². The zero-order valence-electron chi connectivity index (χ0n) is 16.3. The molecule has 0 N–H and O–H groups in total. The Morgan fingerprint density at radius 2 is 1.70 bits per heavy atom. The number of ether oxygens (including phenoxy) is 1. The van der Waals surface area contributed by atoms with E-state index in [1.54, 1.807) is 0 Å². The minimum Gasteiger partial charge on any atom is -0.491 e. The molecule has 3 aliphatic rings. The summed E-state index contributed by atoms with van der Waals surface area (Å²) in [6.45, 7) is 5.46. The molecule has 1 aromatic rings. The minimum absolute atomic E-state index is 0.0941. The van der Waals surface area contributed by atoms with Gasteiger partial charge in [-0.2, -0.15) is 0 Å². The molecule has 0 aromatic heterocycles. The van der Waals surface area contributed by atoms with E-state index in [1.165, 1.54) is 6.42 Å². The van der Waals surface area contributed by atoms with E-state index in [2.05, 4.69) is 6.92 Å². The fourth-order valence-electron chi connectivity index (χ4n) is 4.73. The molecular weight excluding hydrogens is 340 g/mol. The highest BCUT2D eigenvalue weighted by Gasteiger charge is 2.38. The van der Waals surface area contributed by atoms with Gasteiger partial charge in [0.25, 0.3) is 5.91 Å². The van der Waals surface area contributed by atoms with Crippen molar-refractivity contribution in [3.63, 3.8) is 0 Å². The zero-order valence-corrected chi connectivity index (χ0v) is 16.3. The molecule has 0 bridgehead atoms. The van der Waals surface area contributed by atoms with Gasteiger partial charge in [0.2, 0.25) is 5.91 Å². The smallest absolute Gasteiger partial charge is 0.253 e. The van der Waals surface area contributed by atoms with Crippen molar-refractivity contribution in [2.45, 2.75) is 58.4 Å². The molecule has 5 nitrogen and oxygen atoms in total. The van der Waals surface area contributed by atoms with Gasteiger partial charge in [0.05, 0.1) is 6.54 Å². The molecule has 2 fully saturated rings. The van der Waals surface area contributed by atoms with E-state index in [0.29, 0.717) is 25.3 Å². The average Bonchev–Trinajstić information content (AvgIpc) is 3.14. The van der Waals surface area contributed by atoms with Crippen molar-refractivity contribution < 1.29 is 14.3 Å². The number of benzene rings is 1. The van der Waals surface area contributed by atoms with Crippen LogP contribution in [0.2, 0.25) is 0 Å². The van der Waals surface area contributed by atoms with Crippen molar-refractivity contribution in [2.24, 2.45) is 5.41 Å². The predicted molar refractivity (Wildman–Crippen MR) is 104 cm³/mol. The Morgan fingerprint density at radius 1 is 0.963 bits per heavy atom. The summed E-state index contributed by atoms with van der Waals surface area (Å²) >= 11 is 0. The Bertz CT molecular complexity index is 718. The van der Waals surface area contributed by atoms with Crippen molar-refractivity contribution >= 4 is 11.8 Å². The van der Waals surface area contributed by atoms with E-state index < -0.39 is 0 Å². The summed E-state index contributed by atoms with van der Waals surface area (Å²) < 4.78 is 5.89. The van der Waals surface area contributed by atoms with Gasteiger partial charge in [-0.15, -0.1) is 0 Å². The Balaban J connectivity index is 1.54. The second kappa shape index (κ2) is 7.53. The van der Waals surface area contributed by atoms with Gasteiger partial charge in [-0.25, -0.2) is 0 Å². The van der Waals surface area contributed by atoms with E-state index in [0.717, 1.165) is 62.9 Å². The van der Waals surface area contributed by atoms with E-state index >= 15 is 0 Å². The van der Waals surface area contributed by atoms with Gasteiger partial charge < -0.3 is 14.5 Å². The molecule has 1 aromatic carbocycles. The van der Waals surface area contributed by atoms with Crippen LogP contribution >= 0.6 is 0 Å². The van der Waals surface area contributed by atoms with Crippen LogP contribution in [0.5, 0.6) is 5.75 Å². The number of nitrogens with zero attached hydrogens (tertiary/aromatic N) is 2. The summed E-state index contributed by atoms with van der Waals surface area (Å²) in [7, 11) is 0. The van der Waals surface area contributed by atoms with Crippen molar-refractivity contribution in [3.8, 4) is 5.75 Å². The molecule has 1 aliphatic carbocycles. The third-order valence-electron chi connectivity index (χ3n) is 6.44. The molecule has 5 heteroatoms. The van der Waals surface area contributed by atoms with Crippen LogP contribution in [0.25, 0.3) is 0 Å². The van der Waals surface area contributed by atoms with Crippen LogP contribution in [0.3, 0.4) is 0 Å². The van der Waals surface area contributed by atoms with Crippen LogP contribution in [-0.4, -0.2) is 47.9 Å². The lowest BCUT2D eigenvalue weighted by molar-refractivity contribution is -0.143. The topological polar surface area (TPSA) is 49.9 Å². The van der Waals surface area contributed by atoms with Crippen LogP contribution in [-0.2, 0) is 11.3 Å². The first-order valence-corrected chi connectivity index (χ1v) is 10.4. The lowest BCUT2D eigenvalue weighted by atomic mass is 9.74. The number of hydrogen-bond donors (Lipinski definition) is 0. The van der Waals surface area contributed by atoms with Crippen LogP contribution in [0.15, 0.2) is 18.2 Å². The van der Waals surface area contributed by atoms with E-state index in [4.69, 9.17) is 4.74 Å². The first-order chi connectivity index (χ1) is 13.1. The number of rotatable bonds is 2. The van der Waals surface area contributed by atoms with Gasteiger partial charge in [0, 0.05) is 36.2 Å². The Hall–Kier alpha value is -2.04. The fraction of sp³-hybridized carbons (Fsp3) is 0.636. The highest BCUT2D eigenvalue weighted by Crippen LogP contribution is 2.38. The molecule has 0 unspecified atom stereocenters. The van der Waals surface area contributed by atoms with Crippen LogP contribution in [0, 0.1) is 5.41 Å². The maximum atomic E-state index is 13.3. The molecule has 0 spiro atoms. The number of carbonyl (C=O) groups is 2. The fourth-order valence-corrected chi connectivity index (χ4v) is 4.73. The third kappa shape index (κ3) is 3.69. The highest BCUT2D eigenvalue weighted by molar-refractivity contribution is 5.94. The van der Waals surface area contributed by atoms with Crippen molar-refractivity contribution in [2.75, 3.05) is 26.2 Å². The SMILES string of the molecule is CC1(C(=O)N2CCOc3ccc(C(=O)N4CCCC4)cc3C2)CCCCC1. The zero-order chi connectivity index (χ0) is 18.9. The molecule has 2 heterocycles.